The first-order valence-electron chi connectivity index (χ1n) is 10.6. The van der Waals surface area contributed by atoms with E-state index in [2.05, 4.69) is 5.32 Å². The maximum atomic E-state index is 12.4. The van der Waals surface area contributed by atoms with E-state index in [0.29, 0.717) is 28.6 Å². The van der Waals surface area contributed by atoms with Crippen molar-refractivity contribution in [3.63, 3.8) is 0 Å². The lowest BCUT2D eigenvalue weighted by Crippen LogP contribution is -2.28. The molecule has 1 saturated heterocycles. The minimum Gasteiger partial charge on any atom is -0.462 e. The smallest absolute Gasteiger partial charge is 0.338 e. The third-order valence-electron chi connectivity index (χ3n) is 5.11. The molecule has 0 bridgehead atoms. The largest absolute Gasteiger partial charge is 0.462 e. The molecule has 1 N–H and O–H groups in total. The summed E-state index contributed by atoms with van der Waals surface area (Å²) < 4.78 is 10.2. The number of rotatable bonds is 8. The molecule has 0 saturated carbocycles. The molecule has 2 aromatic carbocycles. The standard InChI is InChI=1S/C24H25ClN2O6/c1-3-10-32-23(30)16-5-7-18(8-6-16)26-21(28)14-33-24(31)17-11-22(29)27(13-17)19-9-4-15(2)20(25)12-19/h4-9,12,17H,3,10-11,13-14H2,1-2H3,(H,26,28). The second-order valence-corrected chi connectivity index (χ2v) is 8.12. The number of benzene rings is 2. The van der Waals surface area contributed by atoms with Crippen molar-refractivity contribution in [3.05, 3.63) is 58.6 Å². The van der Waals surface area contributed by atoms with Crippen molar-refractivity contribution in [2.45, 2.75) is 26.7 Å². The van der Waals surface area contributed by atoms with Crippen LogP contribution in [0.1, 0.15) is 35.7 Å². The van der Waals surface area contributed by atoms with Crippen molar-refractivity contribution >= 4 is 46.7 Å². The number of carbonyl (C=O) groups excluding carboxylic acids is 4. The molecule has 0 aliphatic carbocycles. The highest BCUT2D eigenvalue weighted by Gasteiger charge is 2.36. The predicted molar refractivity (Wildman–Crippen MR) is 123 cm³/mol. The summed E-state index contributed by atoms with van der Waals surface area (Å²) >= 11 is 6.14. The van der Waals surface area contributed by atoms with Crippen LogP contribution in [0, 0.1) is 12.8 Å². The number of hydrogen-bond donors (Lipinski definition) is 1. The van der Waals surface area contributed by atoms with Crippen LogP contribution >= 0.6 is 11.6 Å². The Labute approximate surface area is 196 Å². The first-order valence-corrected chi connectivity index (χ1v) is 11.0. The van der Waals surface area contributed by atoms with Crippen LogP contribution in [0.3, 0.4) is 0 Å². The number of hydrogen-bond acceptors (Lipinski definition) is 6. The SMILES string of the molecule is CCCOC(=O)c1ccc(NC(=O)COC(=O)C2CC(=O)N(c3ccc(C)c(Cl)c3)C2)cc1. The van der Waals surface area contributed by atoms with E-state index >= 15 is 0 Å². The third kappa shape index (κ3) is 6.32. The zero-order valence-electron chi connectivity index (χ0n) is 18.4. The van der Waals surface area contributed by atoms with Crippen LogP contribution in [-0.2, 0) is 23.9 Å². The molecule has 1 unspecified atom stereocenters. The quantitative estimate of drug-likeness (QED) is 0.587. The highest BCUT2D eigenvalue weighted by atomic mass is 35.5. The number of ether oxygens (including phenoxy) is 2. The maximum Gasteiger partial charge on any atom is 0.338 e. The Bertz CT molecular complexity index is 1050. The fourth-order valence-corrected chi connectivity index (χ4v) is 3.46. The van der Waals surface area contributed by atoms with Gasteiger partial charge in [-0.25, -0.2) is 4.79 Å². The number of halogens is 1. The molecule has 3 rings (SSSR count). The first kappa shape index (κ1) is 24.3. The Balaban J connectivity index is 1.48. The van der Waals surface area contributed by atoms with Crippen LogP contribution in [-0.4, -0.2) is 43.5 Å². The van der Waals surface area contributed by atoms with Crippen molar-refractivity contribution in [1.29, 1.82) is 0 Å². The molecule has 33 heavy (non-hydrogen) atoms. The molecule has 1 fully saturated rings. The summed E-state index contributed by atoms with van der Waals surface area (Å²) in [5.41, 5.74) is 2.32. The van der Waals surface area contributed by atoms with Gasteiger partial charge in [-0.05, 0) is 55.3 Å². The Kier molecular flexibility index (Phi) is 8.06. The summed E-state index contributed by atoms with van der Waals surface area (Å²) in [4.78, 5) is 50.2. The zero-order valence-corrected chi connectivity index (χ0v) is 19.2. The van der Waals surface area contributed by atoms with Crippen LogP contribution in [0.5, 0.6) is 0 Å². The molecular weight excluding hydrogens is 448 g/mol. The van der Waals surface area contributed by atoms with E-state index in [4.69, 9.17) is 21.1 Å². The highest BCUT2D eigenvalue weighted by Crippen LogP contribution is 2.29. The van der Waals surface area contributed by atoms with Gasteiger partial charge in [-0.1, -0.05) is 24.6 Å². The summed E-state index contributed by atoms with van der Waals surface area (Å²) in [6.07, 6.45) is 0.730. The molecule has 2 aromatic rings. The average molecular weight is 473 g/mol. The van der Waals surface area contributed by atoms with Gasteiger partial charge in [0.25, 0.3) is 5.91 Å². The number of esters is 2. The van der Waals surface area contributed by atoms with Crippen LogP contribution in [0.25, 0.3) is 0 Å². The van der Waals surface area contributed by atoms with Crippen molar-refractivity contribution in [1.82, 2.24) is 0 Å². The molecule has 8 nitrogen and oxygen atoms in total. The molecule has 1 atom stereocenters. The van der Waals surface area contributed by atoms with Gasteiger partial charge in [-0.15, -0.1) is 0 Å². The minimum atomic E-state index is -0.668. The fraction of sp³-hybridized carbons (Fsp3) is 0.333. The normalized spacial score (nSPS) is 15.3. The number of aryl methyl sites for hydroxylation is 1. The first-order chi connectivity index (χ1) is 15.8. The molecule has 1 aliphatic rings. The second-order valence-electron chi connectivity index (χ2n) is 7.71. The van der Waals surface area contributed by atoms with Crippen molar-refractivity contribution < 1.29 is 28.7 Å². The van der Waals surface area contributed by atoms with Gasteiger partial charge in [0, 0.05) is 29.4 Å². The van der Waals surface area contributed by atoms with E-state index in [1.807, 2.05) is 19.9 Å². The van der Waals surface area contributed by atoms with Gasteiger partial charge in [0.2, 0.25) is 5.91 Å². The van der Waals surface area contributed by atoms with Crippen molar-refractivity contribution in [2.24, 2.45) is 5.92 Å². The van der Waals surface area contributed by atoms with Gasteiger partial charge in [-0.2, -0.15) is 0 Å². The molecule has 174 valence electrons. The molecular formula is C24H25ClN2O6. The van der Waals surface area contributed by atoms with Gasteiger partial charge in [0.15, 0.2) is 6.61 Å². The molecule has 1 aliphatic heterocycles. The molecule has 2 amide bonds. The summed E-state index contributed by atoms with van der Waals surface area (Å²) in [6, 6.07) is 11.5. The van der Waals surface area contributed by atoms with Crippen molar-refractivity contribution in [2.75, 3.05) is 30.0 Å². The van der Waals surface area contributed by atoms with Crippen LogP contribution < -0.4 is 10.2 Å². The zero-order chi connectivity index (χ0) is 24.0. The van der Waals surface area contributed by atoms with E-state index in [1.54, 1.807) is 24.3 Å². The van der Waals surface area contributed by atoms with Gasteiger partial charge in [-0.3, -0.25) is 14.4 Å². The number of nitrogens with one attached hydrogen (secondary N) is 1. The lowest BCUT2D eigenvalue weighted by molar-refractivity contribution is -0.151. The van der Waals surface area contributed by atoms with Gasteiger partial charge >= 0.3 is 11.9 Å². The summed E-state index contributed by atoms with van der Waals surface area (Å²) in [7, 11) is 0. The lowest BCUT2D eigenvalue weighted by atomic mass is 10.1. The number of carbonyl (C=O) groups is 4. The Hall–Kier alpha value is -3.39. The molecule has 0 aromatic heterocycles. The topological polar surface area (TPSA) is 102 Å². The van der Waals surface area contributed by atoms with Gasteiger partial charge < -0.3 is 19.7 Å². The van der Waals surface area contributed by atoms with E-state index in [9.17, 15) is 19.2 Å². The van der Waals surface area contributed by atoms with E-state index < -0.39 is 30.4 Å². The summed E-state index contributed by atoms with van der Waals surface area (Å²) in [5.74, 6) is -2.46. The number of amides is 2. The molecule has 0 radical (unpaired) electrons. The van der Waals surface area contributed by atoms with E-state index in [1.165, 1.54) is 17.0 Å². The fourth-order valence-electron chi connectivity index (χ4n) is 3.28. The molecule has 0 spiro atoms. The monoisotopic (exact) mass is 472 g/mol. The van der Waals surface area contributed by atoms with E-state index in [-0.39, 0.29) is 18.9 Å². The van der Waals surface area contributed by atoms with Crippen LogP contribution in [0.4, 0.5) is 11.4 Å². The summed E-state index contributed by atoms with van der Waals surface area (Å²) in [6.45, 7) is 3.78. The van der Waals surface area contributed by atoms with Gasteiger partial charge in [0.1, 0.15) is 0 Å². The summed E-state index contributed by atoms with van der Waals surface area (Å²) in [5, 5.41) is 3.13. The Morgan fingerprint density at radius 1 is 1.12 bits per heavy atom. The van der Waals surface area contributed by atoms with Crippen molar-refractivity contribution in [3.8, 4) is 0 Å². The molecule has 9 heteroatoms. The van der Waals surface area contributed by atoms with Gasteiger partial charge in [0.05, 0.1) is 18.1 Å². The van der Waals surface area contributed by atoms with Crippen LogP contribution in [0.15, 0.2) is 42.5 Å². The third-order valence-corrected chi connectivity index (χ3v) is 5.52. The number of anilines is 2. The average Bonchev–Trinajstić information content (AvgIpc) is 3.19. The second kappa shape index (κ2) is 11.0. The maximum absolute atomic E-state index is 12.4. The lowest BCUT2D eigenvalue weighted by Gasteiger charge is -2.17. The minimum absolute atomic E-state index is 0.00153. The predicted octanol–water partition coefficient (Wildman–Crippen LogP) is 3.75. The highest BCUT2D eigenvalue weighted by molar-refractivity contribution is 6.31. The molecule has 1 heterocycles. The Morgan fingerprint density at radius 2 is 1.85 bits per heavy atom. The van der Waals surface area contributed by atoms with E-state index in [0.717, 1.165) is 12.0 Å². The number of nitrogens with zero attached hydrogens (tertiary/aromatic N) is 1. The van der Waals surface area contributed by atoms with Crippen LogP contribution in [0.2, 0.25) is 5.02 Å². The Morgan fingerprint density at radius 3 is 2.52 bits per heavy atom.